The minimum Gasteiger partial charge on any atom is -0.502 e. The summed E-state index contributed by atoms with van der Waals surface area (Å²) in [5.74, 6) is -1.28. The van der Waals surface area contributed by atoms with Gasteiger partial charge in [0.15, 0.2) is 5.69 Å². The van der Waals surface area contributed by atoms with Crippen LogP contribution in [0.3, 0.4) is 0 Å². The van der Waals surface area contributed by atoms with E-state index in [0.29, 0.717) is 17.8 Å². The maximum absolute atomic E-state index is 12.1. The number of nitrogens with zero attached hydrogens (tertiary/aromatic N) is 2. The molecule has 0 fully saturated rings. The fraction of sp³-hybridized carbons (Fsp3) is 0.154. The molecule has 0 aliphatic heterocycles. The Bertz CT molecular complexity index is 582. The molecule has 2 N–H and O–H groups in total. The van der Waals surface area contributed by atoms with Gasteiger partial charge >= 0.3 is 0 Å². The summed E-state index contributed by atoms with van der Waals surface area (Å²) in [6, 6.07) is 8.45. The summed E-state index contributed by atoms with van der Waals surface area (Å²) in [6.07, 6.45) is 0.461. The van der Waals surface area contributed by atoms with E-state index in [9.17, 15) is 15.0 Å². The number of hydrogen-bond donors (Lipinski definition) is 2. The third-order valence-electron chi connectivity index (χ3n) is 2.48. The number of benzene rings is 1. The van der Waals surface area contributed by atoms with E-state index in [2.05, 4.69) is 9.97 Å². The molecule has 5 nitrogen and oxygen atoms in total. The third kappa shape index (κ3) is 2.15. The van der Waals surface area contributed by atoms with E-state index in [1.807, 2.05) is 0 Å². The van der Waals surface area contributed by atoms with Gasteiger partial charge in [-0.25, -0.2) is 4.98 Å². The first kappa shape index (κ1) is 12.0. The van der Waals surface area contributed by atoms with Gasteiger partial charge in [0.25, 0.3) is 5.88 Å². The highest BCUT2D eigenvalue weighted by Gasteiger charge is 2.20. The number of ketones is 1. The number of aryl methyl sites for hydroxylation is 1. The number of aromatic nitrogens is 2. The second-order valence-corrected chi connectivity index (χ2v) is 3.71. The van der Waals surface area contributed by atoms with Crippen LogP contribution in [0.4, 0.5) is 0 Å². The molecule has 1 aromatic carbocycles. The zero-order chi connectivity index (χ0) is 13.1. The molecule has 1 heterocycles. The van der Waals surface area contributed by atoms with Crippen molar-refractivity contribution in [3.63, 3.8) is 0 Å². The number of rotatable bonds is 3. The summed E-state index contributed by atoms with van der Waals surface area (Å²) in [5, 5.41) is 19.1. The highest BCUT2D eigenvalue weighted by molar-refractivity contribution is 6.09. The van der Waals surface area contributed by atoms with E-state index in [4.69, 9.17) is 0 Å². The van der Waals surface area contributed by atoms with Gasteiger partial charge in [0.1, 0.15) is 5.82 Å². The van der Waals surface area contributed by atoms with Gasteiger partial charge in [0.2, 0.25) is 11.5 Å². The van der Waals surface area contributed by atoms with Gasteiger partial charge in [-0.05, 0) is 0 Å². The summed E-state index contributed by atoms with van der Waals surface area (Å²) in [7, 11) is 0. The van der Waals surface area contributed by atoms with Gasteiger partial charge in [-0.3, -0.25) is 4.79 Å². The molecule has 0 spiro atoms. The fourth-order valence-electron chi connectivity index (χ4n) is 1.53. The molecule has 2 rings (SSSR count). The molecule has 0 saturated carbocycles. The van der Waals surface area contributed by atoms with E-state index in [1.54, 1.807) is 37.3 Å². The molecule has 92 valence electrons. The van der Waals surface area contributed by atoms with Crippen molar-refractivity contribution in [2.75, 3.05) is 0 Å². The molecule has 0 bridgehead atoms. The van der Waals surface area contributed by atoms with Crippen LogP contribution in [-0.4, -0.2) is 26.0 Å². The van der Waals surface area contributed by atoms with Crippen LogP contribution in [0.2, 0.25) is 0 Å². The normalized spacial score (nSPS) is 10.3. The lowest BCUT2D eigenvalue weighted by atomic mass is 10.1. The number of aromatic hydroxyl groups is 2. The summed E-state index contributed by atoms with van der Waals surface area (Å²) in [4.78, 5) is 19.8. The van der Waals surface area contributed by atoms with Crippen LogP contribution in [0, 0.1) is 0 Å². The van der Waals surface area contributed by atoms with Crippen LogP contribution in [0.1, 0.15) is 28.8 Å². The Morgan fingerprint density at radius 3 is 2.44 bits per heavy atom. The van der Waals surface area contributed by atoms with E-state index >= 15 is 0 Å². The Morgan fingerprint density at radius 1 is 1.17 bits per heavy atom. The van der Waals surface area contributed by atoms with Gasteiger partial charge < -0.3 is 10.2 Å². The zero-order valence-corrected chi connectivity index (χ0v) is 9.79. The molecular formula is C13H12N2O3. The Morgan fingerprint density at radius 2 is 1.83 bits per heavy atom. The summed E-state index contributed by atoms with van der Waals surface area (Å²) >= 11 is 0. The van der Waals surface area contributed by atoms with Crippen molar-refractivity contribution in [2.24, 2.45) is 0 Å². The summed E-state index contributed by atoms with van der Waals surface area (Å²) in [6.45, 7) is 1.79. The van der Waals surface area contributed by atoms with Crippen molar-refractivity contribution in [1.82, 2.24) is 9.97 Å². The van der Waals surface area contributed by atoms with Crippen molar-refractivity contribution >= 4 is 5.78 Å². The number of carbonyl (C=O) groups is 1. The first-order valence-electron chi connectivity index (χ1n) is 5.52. The zero-order valence-electron chi connectivity index (χ0n) is 9.79. The first-order chi connectivity index (χ1) is 8.63. The molecular weight excluding hydrogens is 232 g/mol. The maximum Gasteiger partial charge on any atom is 0.258 e. The smallest absolute Gasteiger partial charge is 0.258 e. The molecule has 1 aromatic heterocycles. The minimum atomic E-state index is -0.582. The van der Waals surface area contributed by atoms with E-state index in [-0.39, 0.29) is 5.69 Å². The minimum absolute atomic E-state index is 0.175. The standard InChI is InChI=1S/C13H12N2O3/c1-2-9-14-10(12(17)13(18)15-9)11(16)8-6-4-3-5-7-8/h3-7,17H,2H2,1H3,(H,14,15,18). The predicted octanol–water partition coefficient (Wildman–Crippen LogP) is 1.68. The quantitative estimate of drug-likeness (QED) is 0.802. The highest BCUT2D eigenvalue weighted by Crippen LogP contribution is 2.27. The van der Waals surface area contributed by atoms with E-state index in [0.717, 1.165) is 0 Å². The Balaban J connectivity index is 2.51. The predicted molar refractivity (Wildman–Crippen MR) is 64.6 cm³/mol. The second-order valence-electron chi connectivity index (χ2n) is 3.71. The van der Waals surface area contributed by atoms with E-state index < -0.39 is 17.4 Å². The van der Waals surface area contributed by atoms with Crippen LogP contribution < -0.4 is 0 Å². The topological polar surface area (TPSA) is 83.3 Å². The molecule has 0 unspecified atom stereocenters. The molecule has 2 aromatic rings. The van der Waals surface area contributed by atoms with Gasteiger partial charge in [0.05, 0.1) is 0 Å². The lowest BCUT2D eigenvalue weighted by Gasteiger charge is -2.06. The average Bonchev–Trinajstić information content (AvgIpc) is 2.42. The van der Waals surface area contributed by atoms with Crippen molar-refractivity contribution in [3.8, 4) is 11.6 Å². The first-order valence-corrected chi connectivity index (χ1v) is 5.52. The molecule has 0 atom stereocenters. The van der Waals surface area contributed by atoms with Crippen molar-refractivity contribution < 1.29 is 15.0 Å². The molecule has 18 heavy (non-hydrogen) atoms. The highest BCUT2D eigenvalue weighted by atomic mass is 16.3. The fourth-order valence-corrected chi connectivity index (χ4v) is 1.53. The van der Waals surface area contributed by atoms with E-state index in [1.165, 1.54) is 0 Å². The monoisotopic (exact) mass is 244 g/mol. The Hall–Kier alpha value is -2.43. The molecule has 0 aliphatic carbocycles. The maximum atomic E-state index is 12.1. The van der Waals surface area contributed by atoms with Gasteiger partial charge in [-0.15, -0.1) is 0 Å². The largest absolute Gasteiger partial charge is 0.502 e. The lowest BCUT2D eigenvalue weighted by Crippen LogP contribution is -2.07. The van der Waals surface area contributed by atoms with Gasteiger partial charge in [-0.1, -0.05) is 37.3 Å². The Labute approximate surface area is 104 Å². The van der Waals surface area contributed by atoms with Crippen LogP contribution >= 0.6 is 0 Å². The molecule has 0 amide bonds. The van der Waals surface area contributed by atoms with Crippen molar-refractivity contribution in [2.45, 2.75) is 13.3 Å². The van der Waals surface area contributed by atoms with Crippen LogP contribution in [0.15, 0.2) is 30.3 Å². The molecule has 0 radical (unpaired) electrons. The number of hydrogen-bond acceptors (Lipinski definition) is 5. The third-order valence-corrected chi connectivity index (χ3v) is 2.48. The van der Waals surface area contributed by atoms with Crippen molar-refractivity contribution in [1.29, 1.82) is 0 Å². The van der Waals surface area contributed by atoms with Gasteiger partial charge in [-0.2, -0.15) is 4.98 Å². The summed E-state index contributed by atoms with van der Waals surface area (Å²) in [5.41, 5.74) is 0.221. The second kappa shape index (κ2) is 4.83. The lowest BCUT2D eigenvalue weighted by molar-refractivity contribution is 0.103. The molecule has 5 heteroatoms. The number of carbonyl (C=O) groups excluding carboxylic acids is 1. The SMILES string of the molecule is CCc1nc(O)c(O)c(C(=O)c2ccccc2)n1. The molecule has 0 saturated heterocycles. The average molecular weight is 244 g/mol. The Kier molecular flexibility index (Phi) is 3.23. The van der Waals surface area contributed by atoms with Crippen LogP contribution in [0.5, 0.6) is 11.6 Å². The van der Waals surface area contributed by atoms with Crippen molar-refractivity contribution in [3.05, 3.63) is 47.4 Å². The van der Waals surface area contributed by atoms with Gasteiger partial charge in [0, 0.05) is 12.0 Å². The molecule has 0 aliphatic rings. The summed E-state index contributed by atoms with van der Waals surface area (Å²) < 4.78 is 0. The van der Waals surface area contributed by atoms with Crippen LogP contribution in [-0.2, 0) is 6.42 Å². The van der Waals surface area contributed by atoms with Crippen LogP contribution in [0.25, 0.3) is 0 Å².